The maximum atomic E-state index is 13.1. The van der Waals surface area contributed by atoms with Gasteiger partial charge in [-0.2, -0.15) is 0 Å². The lowest BCUT2D eigenvalue weighted by Gasteiger charge is -2.14. The Morgan fingerprint density at radius 2 is 1.58 bits per heavy atom. The van der Waals surface area contributed by atoms with Gasteiger partial charge in [0.05, 0.1) is 31.1 Å². The van der Waals surface area contributed by atoms with Crippen LogP contribution in [-0.2, 0) is 14.3 Å². The maximum absolute atomic E-state index is 13.1. The van der Waals surface area contributed by atoms with Gasteiger partial charge in [0.2, 0.25) is 11.8 Å². The van der Waals surface area contributed by atoms with E-state index in [9.17, 15) is 19.2 Å². The van der Waals surface area contributed by atoms with Crippen LogP contribution in [0.15, 0.2) is 42.5 Å². The first-order chi connectivity index (χ1) is 14.8. The van der Waals surface area contributed by atoms with Gasteiger partial charge in [0.25, 0.3) is 0 Å². The smallest absolute Gasteiger partial charge is 0.337 e. The lowest BCUT2D eigenvalue weighted by molar-refractivity contribution is -0.139. The molecule has 160 valence electrons. The molecule has 0 bridgehead atoms. The average Bonchev–Trinajstić information content (AvgIpc) is 3.21. The molecule has 1 aliphatic carbocycles. The van der Waals surface area contributed by atoms with Crippen LogP contribution in [0.5, 0.6) is 0 Å². The van der Waals surface area contributed by atoms with E-state index in [2.05, 4.69) is 0 Å². The molecule has 0 N–H and O–H groups in total. The van der Waals surface area contributed by atoms with E-state index < -0.39 is 5.97 Å². The lowest BCUT2D eigenvalue weighted by atomic mass is 9.85. The van der Waals surface area contributed by atoms with E-state index in [1.54, 1.807) is 30.3 Å². The van der Waals surface area contributed by atoms with Crippen LogP contribution in [0.1, 0.15) is 44.9 Å². The fourth-order valence-corrected chi connectivity index (χ4v) is 4.56. The van der Waals surface area contributed by atoms with E-state index in [0.29, 0.717) is 29.7 Å². The average molecular weight is 420 g/mol. The molecule has 1 aromatic carbocycles. The van der Waals surface area contributed by atoms with Gasteiger partial charge in [-0.05, 0) is 57.0 Å². The monoisotopic (exact) mass is 420 g/mol. The molecular weight excluding hydrogens is 396 g/mol. The second-order valence-electron chi connectivity index (χ2n) is 8.00. The number of methoxy groups -OCH3 is 1. The first-order valence-electron chi connectivity index (χ1n) is 10.2. The summed E-state index contributed by atoms with van der Waals surface area (Å²) in [6.07, 6.45) is 4.96. The molecule has 0 radical (unpaired) electrons. The Balaban J connectivity index is 1.57. The van der Waals surface area contributed by atoms with Crippen molar-refractivity contribution in [2.24, 2.45) is 11.8 Å². The van der Waals surface area contributed by atoms with Crippen molar-refractivity contribution in [3.63, 3.8) is 0 Å². The molecule has 1 saturated heterocycles. The molecule has 2 atom stereocenters. The maximum Gasteiger partial charge on any atom is 0.337 e. The third kappa shape index (κ3) is 3.50. The molecule has 4 rings (SSSR count). The number of Topliss-reactive ketones (excluding diaryl/α,β-unsaturated/α-hetero) is 1. The van der Waals surface area contributed by atoms with Gasteiger partial charge in [-0.1, -0.05) is 12.2 Å². The minimum absolute atomic E-state index is 0.240. The van der Waals surface area contributed by atoms with Crippen LogP contribution in [0.3, 0.4) is 0 Å². The molecule has 0 spiro atoms. The Hall–Kier alpha value is -3.48. The predicted molar refractivity (Wildman–Crippen MR) is 113 cm³/mol. The number of esters is 1. The first kappa shape index (κ1) is 20.8. The van der Waals surface area contributed by atoms with Crippen molar-refractivity contribution < 1.29 is 23.9 Å². The number of rotatable bonds is 5. The van der Waals surface area contributed by atoms with Crippen molar-refractivity contribution in [2.75, 3.05) is 13.7 Å². The molecule has 1 aromatic heterocycles. The summed E-state index contributed by atoms with van der Waals surface area (Å²) in [6, 6.07) is 8.67. The molecule has 2 amide bonds. The molecule has 2 heterocycles. The number of aromatic nitrogens is 1. The Morgan fingerprint density at radius 1 is 1.00 bits per heavy atom. The quantitative estimate of drug-likeness (QED) is 0.321. The number of imide groups is 1. The van der Waals surface area contributed by atoms with E-state index >= 15 is 0 Å². The third-order valence-electron chi connectivity index (χ3n) is 6.18. The zero-order valence-electron chi connectivity index (χ0n) is 17.8. The number of hydrogen-bond acceptors (Lipinski definition) is 5. The van der Waals surface area contributed by atoms with E-state index in [1.807, 2.05) is 30.6 Å². The topological polar surface area (TPSA) is 85.7 Å². The minimum atomic E-state index is -0.418. The molecule has 2 aliphatic rings. The molecular formula is C24H24N2O5. The number of benzene rings is 1. The first-order valence-corrected chi connectivity index (χ1v) is 10.2. The number of hydrogen-bond donors (Lipinski definition) is 0. The highest BCUT2D eigenvalue weighted by molar-refractivity contribution is 6.10. The van der Waals surface area contributed by atoms with Crippen molar-refractivity contribution in [1.82, 2.24) is 9.47 Å². The van der Waals surface area contributed by atoms with E-state index in [1.165, 1.54) is 7.11 Å². The molecule has 2 unspecified atom stereocenters. The summed E-state index contributed by atoms with van der Waals surface area (Å²) in [5.41, 5.74) is 3.26. The number of likely N-dealkylation sites (tertiary alicyclic amines) is 1. The second kappa shape index (κ2) is 7.98. The van der Waals surface area contributed by atoms with Crippen molar-refractivity contribution in [3.8, 4) is 5.69 Å². The number of carbonyl (C=O) groups is 4. The molecule has 31 heavy (non-hydrogen) atoms. The Morgan fingerprint density at radius 3 is 2.13 bits per heavy atom. The zero-order chi connectivity index (χ0) is 22.3. The highest BCUT2D eigenvalue weighted by Crippen LogP contribution is 2.35. The normalized spacial score (nSPS) is 20.2. The summed E-state index contributed by atoms with van der Waals surface area (Å²) >= 11 is 0. The molecule has 7 nitrogen and oxygen atoms in total. The Kier molecular flexibility index (Phi) is 5.35. The number of nitrogens with zero attached hydrogens (tertiary/aromatic N) is 2. The van der Waals surface area contributed by atoms with Gasteiger partial charge in [-0.3, -0.25) is 19.3 Å². The lowest BCUT2D eigenvalue weighted by Crippen LogP contribution is -2.36. The van der Waals surface area contributed by atoms with E-state index in [4.69, 9.17) is 4.74 Å². The van der Waals surface area contributed by atoms with Crippen LogP contribution in [0.2, 0.25) is 0 Å². The minimum Gasteiger partial charge on any atom is -0.465 e. The summed E-state index contributed by atoms with van der Waals surface area (Å²) in [7, 11) is 1.33. The zero-order valence-corrected chi connectivity index (χ0v) is 17.8. The molecule has 2 aromatic rings. The number of ketones is 1. The third-order valence-corrected chi connectivity index (χ3v) is 6.18. The van der Waals surface area contributed by atoms with Gasteiger partial charge >= 0.3 is 5.97 Å². The van der Waals surface area contributed by atoms with Crippen molar-refractivity contribution in [2.45, 2.75) is 26.7 Å². The Labute approximate surface area is 180 Å². The number of allylic oxidation sites excluding steroid dienone is 2. The summed E-state index contributed by atoms with van der Waals surface area (Å²) in [5.74, 6) is -1.87. The van der Waals surface area contributed by atoms with E-state index in [-0.39, 0.29) is 36.0 Å². The molecule has 0 saturated carbocycles. The highest BCUT2D eigenvalue weighted by atomic mass is 16.5. The van der Waals surface area contributed by atoms with Crippen LogP contribution in [0, 0.1) is 25.7 Å². The fraction of sp³-hybridized carbons (Fsp3) is 0.333. The molecule has 1 aliphatic heterocycles. The Bertz CT molecular complexity index is 1080. The van der Waals surface area contributed by atoms with Gasteiger partial charge < -0.3 is 9.30 Å². The number of amides is 2. The van der Waals surface area contributed by atoms with Gasteiger partial charge in [-0.15, -0.1) is 0 Å². The summed E-state index contributed by atoms with van der Waals surface area (Å²) < 4.78 is 6.63. The number of aryl methyl sites for hydroxylation is 1. The SMILES string of the molecule is COC(=O)c1ccc(-n2c(C)cc(C(=O)CN3C(=O)C4CC=CCC4C3=O)c2C)cc1. The predicted octanol–water partition coefficient (Wildman–Crippen LogP) is 3.01. The number of ether oxygens (including phenoxy) is 1. The second-order valence-corrected chi connectivity index (χ2v) is 8.00. The van der Waals surface area contributed by atoms with Crippen molar-refractivity contribution >= 4 is 23.6 Å². The summed E-state index contributed by atoms with van der Waals surface area (Å²) in [6.45, 7) is 3.46. The van der Waals surface area contributed by atoms with Crippen LogP contribution < -0.4 is 0 Å². The van der Waals surface area contributed by atoms with Gasteiger partial charge in [-0.25, -0.2) is 4.79 Å². The van der Waals surface area contributed by atoms with Crippen LogP contribution in [0.4, 0.5) is 0 Å². The van der Waals surface area contributed by atoms with Crippen LogP contribution in [0.25, 0.3) is 5.69 Å². The van der Waals surface area contributed by atoms with Crippen molar-refractivity contribution in [3.05, 3.63) is 65.0 Å². The van der Waals surface area contributed by atoms with Gasteiger partial charge in [0.1, 0.15) is 0 Å². The fourth-order valence-electron chi connectivity index (χ4n) is 4.56. The summed E-state index contributed by atoms with van der Waals surface area (Å²) in [5, 5.41) is 0. The van der Waals surface area contributed by atoms with Gasteiger partial charge in [0, 0.05) is 22.6 Å². The van der Waals surface area contributed by atoms with Crippen LogP contribution >= 0.6 is 0 Å². The number of fused-ring (bicyclic) bond motifs is 1. The standard InChI is InChI=1S/C24H24N2O5/c1-14-12-20(15(2)26(14)17-10-8-16(9-11-17)24(30)31-3)21(27)13-25-22(28)18-6-4-5-7-19(18)23(25)29/h4-5,8-12,18-19H,6-7,13H2,1-3H3. The van der Waals surface area contributed by atoms with Crippen molar-refractivity contribution in [1.29, 1.82) is 0 Å². The summed E-state index contributed by atoms with van der Waals surface area (Å²) in [4.78, 5) is 51.2. The molecule has 1 fully saturated rings. The van der Waals surface area contributed by atoms with E-state index in [0.717, 1.165) is 16.3 Å². The van der Waals surface area contributed by atoms with Gasteiger partial charge in [0.15, 0.2) is 5.78 Å². The molecule has 7 heteroatoms. The highest BCUT2D eigenvalue weighted by Gasteiger charge is 2.47. The number of carbonyl (C=O) groups excluding carboxylic acids is 4. The van der Waals surface area contributed by atoms with Crippen LogP contribution in [-0.4, -0.2) is 46.7 Å². The largest absolute Gasteiger partial charge is 0.465 e.